The number of carbonyl (C=O) groups excluding carboxylic acids is 1. The van der Waals surface area contributed by atoms with Crippen molar-refractivity contribution in [2.24, 2.45) is 0 Å². The maximum absolute atomic E-state index is 12.5. The lowest BCUT2D eigenvalue weighted by atomic mass is 10.2. The van der Waals surface area contributed by atoms with Crippen LogP contribution in [0.25, 0.3) is 12.2 Å². The molecule has 4 rings (SSSR count). The molecular formula is C29H26N4O5. The molecule has 0 unspecified atom stereocenters. The van der Waals surface area contributed by atoms with Gasteiger partial charge in [0.2, 0.25) is 0 Å². The predicted octanol–water partition coefficient (Wildman–Crippen LogP) is 5.42. The monoisotopic (exact) mass is 510 g/mol. The van der Waals surface area contributed by atoms with Gasteiger partial charge in [-0.3, -0.25) is 19.8 Å². The quantitative estimate of drug-likeness (QED) is 0.355. The highest BCUT2D eigenvalue weighted by Crippen LogP contribution is 2.19. The predicted molar refractivity (Wildman–Crippen MR) is 146 cm³/mol. The van der Waals surface area contributed by atoms with Crippen molar-refractivity contribution in [2.45, 2.75) is 0 Å². The number of amides is 2. The second-order valence-electron chi connectivity index (χ2n) is 8.00. The molecule has 2 amide bonds. The minimum Gasteiger partial charge on any atom is -0.478 e. The Hall–Kier alpha value is -5.31. The number of pyridine rings is 2. The van der Waals surface area contributed by atoms with E-state index in [1.807, 2.05) is 24.3 Å². The Morgan fingerprint density at radius 3 is 1.18 bits per heavy atom. The van der Waals surface area contributed by atoms with Crippen molar-refractivity contribution in [3.8, 4) is 0 Å². The van der Waals surface area contributed by atoms with E-state index in [2.05, 4.69) is 22.1 Å². The van der Waals surface area contributed by atoms with Crippen molar-refractivity contribution in [1.82, 2.24) is 9.97 Å². The van der Waals surface area contributed by atoms with Gasteiger partial charge in [0.1, 0.15) is 0 Å². The van der Waals surface area contributed by atoms with Gasteiger partial charge in [0.05, 0.1) is 11.1 Å². The maximum Gasteiger partial charge on any atom is 0.335 e. The first-order chi connectivity index (χ1) is 18.3. The summed E-state index contributed by atoms with van der Waals surface area (Å²) in [6, 6.07) is 19.4. The lowest BCUT2D eigenvalue weighted by molar-refractivity contribution is 0.0686. The lowest BCUT2D eigenvalue weighted by Crippen LogP contribution is -2.38. The topological polar surface area (TPSA) is 124 Å². The molecule has 0 saturated heterocycles. The molecule has 0 aliphatic heterocycles. The zero-order chi connectivity index (χ0) is 27.5. The standard InChI is InChI=1S/C17H16N2O5.C12H10N2/c1-18(13-7-3-11(4-8-13)15(20)21)17(24)19(2)14-9-5-12(6-10-14)16(22)23;1(11-3-7-13-8-4-11)2-12-5-9-14-10-6-12/h3-10H,1-2H3,(H,20,21)(H,22,23);1-10H/b;2-1+. The molecule has 0 fully saturated rings. The van der Waals surface area contributed by atoms with Gasteiger partial charge in [-0.1, -0.05) is 12.2 Å². The molecule has 0 atom stereocenters. The van der Waals surface area contributed by atoms with Crippen molar-refractivity contribution in [2.75, 3.05) is 23.9 Å². The number of urea groups is 1. The van der Waals surface area contributed by atoms with Crippen LogP contribution >= 0.6 is 0 Å². The number of aromatic carboxylic acids is 2. The highest BCUT2D eigenvalue weighted by molar-refractivity contribution is 6.03. The molecule has 0 aliphatic carbocycles. The average Bonchev–Trinajstić information content (AvgIpc) is 2.96. The molecule has 2 aromatic carbocycles. The van der Waals surface area contributed by atoms with E-state index in [4.69, 9.17) is 10.2 Å². The van der Waals surface area contributed by atoms with Crippen LogP contribution in [0.15, 0.2) is 97.6 Å². The minimum atomic E-state index is -1.04. The van der Waals surface area contributed by atoms with Crippen LogP contribution in [0.2, 0.25) is 0 Å². The fourth-order valence-electron chi connectivity index (χ4n) is 3.24. The van der Waals surface area contributed by atoms with Gasteiger partial charge in [-0.2, -0.15) is 0 Å². The summed E-state index contributed by atoms with van der Waals surface area (Å²) in [4.78, 5) is 44.9. The molecule has 2 N–H and O–H groups in total. The van der Waals surface area contributed by atoms with Crippen molar-refractivity contribution in [3.63, 3.8) is 0 Å². The molecule has 2 aromatic heterocycles. The highest BCUT2D eigenvalue weighted by atomic mass is 16.4. The summed E-state index contributed by atoms with van der Waals surface area (Å²) in [6.07, 6.45) is 11.2. The van der Waals surface area contributed by atoms with Gasteiger partial charge >= 0.3 is 18.0 Å². The third-order valence-electron chi connectivity index (χ3n) is 5.46. The van der Waals surface area contributed by atoms with E-state index in [1.54, 1.807) is 63.1 Å². The number of hydrogen-bond acceptors (Lipinski definition) is 5. The SMILES string of the molecule is C(=C\c1ccncc1)/c1ccncc1.CN(C(=O)N(C)c1ccc(C(=O)O)cc1)c1ccc(C(=O)O)cc1. The molecule has 0 bridgehead atoms. The molecular weight excluding hydrogens is 484 g/mol. The van der Waals surface area contributed by atoms with E-state index in [1.165, 1.54) is 34.1 Å². The highest BCUT2D eigenvalue weighted by Gasteiger charge is 2.18. The van der Waals surface area contributed by atoms with Gasteiger partial charge in [-0.15, -0.1) is 0 Å². The van der Waals surface area contributed by atoms with E-state index < -0.39 is 11.9 Å². The van der Waals surface area contributed by atoms with Crippen LogP contribution in [0.5, 0.6) is 0 Å². The van der Waals surface area contributed by atoms with Crippen LogP contribution in [0, 0.1) is 0 Å². The molecule has 2 heterocycles. The number of carboxylic acids is 2. The maximum atomic E-state index is 12.5. The molecule has 0 saturated carbocycles. The zero-order valence-electron chi connectivity index (χ0n) is 20.8. The Kier molecular flexibility index (Phi) is 9.42. The second kappa shape index (κ2) is 13.1. The molecule has 9 heteroatoms. The minimum absolute atomic E-state index is 0.136. The molecule has 0 spiro atoms. The lowest BCUT2D eigenvalue weighted by Gasteiger charge is -2.25. The van der Waals surface area contributed by atoms with Crippen LogP contribution in [0.1, 0.15) is 31.8 Å². The fraction of sp³-hybridized carbons (Fsp3) is 0.0690. The third-order valence-corrected chi connectivity index (χ3v) is 5.46. The number of hydrogen-bond donors (Lipinski definition) is 2. The van der Waals surface area contributed by atoms with Crippen LogP contribution in [0.3, 0.4) is 0 Å². The van der Waals surface area contributed by atoms with E-state index in [0.717, 1.165) is 11.1 Å². The summed E-state index contributed by atoms with van der Waals surface area (Å²) >= 11 is 0. The summed E-state index contributed by atoms with van der Waals surface area (Å²) in [5, 5.41) is 17.8. The number of aromatic nitrogens is 2. The molecule has 192 valence electrons. The van der Waals surface area contributed by atoms with Crippen LogP contribution in [-0.2, 0) is 0 Å². The second-order valence-corrected chi connectivity index (χ2v) is 8.00. The number of carbonyl (C=O) groups is 3. The van der Waals surface area contributed by atoms with Crippen LogP contribution in [0.4, 0.5) is 16.2 Å². The molecule has 4 aromatic rings. The summed E-state index contributed by atoms with van der Waals surface area (Å²) in [5.74, 6) is -2.07. The number of rotatable bonds is 6. The first kappa shape index (κ1) is 27.3. The number of carboxylic acid groups (broad SMARTS) is 2. The van der Waals surface area contributed by atoms with E-state index >= 15 is 0 Å². The number of benzene rings is 2. The van der Waals surface area contributed by atoms with E-state index in [-0.39, 0.29) is 17.2 Å². The molecule has 9 nitrogen and oxygen atoms in total. The van der Waals surface area contributed by atoms with Gasteiger partial charge in [-0.05, 0) is 83.9 Å². The Labute approximate surface area is 220 Å². The average molecular weight is 511 g/mol. The smallest absolute Gasteiger partial charge is 0.335 e. The largest absolute Gasteiger partial charge is 0.478 e. The van der Waals surface area contributed by atoms with Gasteiger partial charge in [0.25, 0.3) is 0 Å². The Morgan fingerprint density at radius 2 is 0.895 bits per heavy atom. The van der Waals surface area contributed by atoms with Crippen molar-refractivity contribution in [1.29, 1.82) is 0 Å². The Balaban J connectivity index is 0.000000241. The zero-order valence-corrected chi connectivity index (χ0v) is 20.8. The van der Waals surface area contributed by atoms with Crippen molar-refractivity contribution >= 4 is 41.5 Å². The number of nitrogens with zero attached hydrogens (tertiary/aromatic N) is 4. The number of anilines is 2. The first-order valence-corrected chi connectivity index (χ1v) is 11.4. The van der Waals surface area contributed by atoms with Gasteiger partial charge in [0, 0.05) is 50.3 Å². The van der Waals surface area contributed by atoms with Crippen LogP contribution in [-0.4, -0.2) is 52.2 Å². The van der Waals surface area contributed by atoms with Crippen LogP contribution < -0.4 is 9.80 Å². The molecule has 0 radical (unpaired) electrons. The van der Waals surface area contributed by atoms with E-state index in [9.17, 15) is 14.4 Å². The molecule has 38 heavy (non-hydrogen) atoms. The Bertz CT molecular complexity index is 1280. The molecule has 0 aliphatic rings. The summed E-state index contributed by atoms with van der Waals surface area (Å²) in [7, 11) is 3.14. The normalized spacial score (nSPS) is 10.3. The van der Waals surface area contributed by atoms with Gasteiger partial charge in [0.15, 0.2) is 0 Å². The van der Waals surface area contributed by atoms with E-state index in [0.29, 0.717) is 11.4 Å². The summed E-state index contributed by atoms with van der Waals surface area (Å²) < 4.78 is 0. The van der Waals surface area contributed by atoms with Gasteiger partial charge < -0.3 is 10.2 Å². The summed E-state index contributed by atoms with van der Waals surface area (Å²) in [6.45, 7) is 0. The van der Waals surface area contributed by atoms with Crippen molar-refractivity contribution in [3.05, 3.63) is 120 Å². The van der Waals surface area contributed by atoms with Crippen molar-refractivity contribution < 1.29 is 24.6 Å². The third kappa shape index (κ3) is 7.59. The summed E-state index contributed by atoms with van der Waals surface area (Å²) in [5.41, 5.74) is 3.65. The van der Waals surface area contributed by atoms with Gasteiger partial charge in [-0.25, -0.2) is 14.4 Å². The Morgan fingerprint density at radius 1 is 0.579 bits per heavy atom. The first-order valence-electron chi connectivity index (χ1n) is 11.4. The fourth-order valence-corrected chi connectivity index (χ4v) is 3.24.